The molecule has 2 rings (SSSR count). The van der Waals surface area contributed by atoms with Crippen LogP contribution in [0.25, 0.3) is 0 Å². The van der Waals surface area contributed by atoms with Gasteiger partial charge in [0.15, 0.2) is 0 Å². The van der Waals surface area contributed by atoms with Crippen molar-refractivity contribution >= 4 is 5.91 Å². The van der Waals surface area contributed by atoms with Crippen molar-refractivity contribution in [1.82, 2.24) is 5.32 Å². The molecule has 1 aromatic carbocycles. The summed E-state index contributed by atoms with van der Waals surface area (Å²) in [5.41, 5.74) is 2.27. The van der Waals surface area contributed by atoms with E-state index < -0.39 is 0 Å². The molecule has 0 heterocycles. The molecule has 0 radical (unpaired) electrons. The first kappa shape index (κ1) is 15.8. The Kier molecular flexibility index (Phi) is 6.00. The average Bonchev–Trinajstić information content (AvgIpc) is 2.52. The number of nitrogens with one attached hydrogen (secondary N) is 1. The van der Waals surface area contributed by atoms with Gasteiger partial charge >= 0.3 is 0 Å². The third-order valence-electron chi connectivity index (χ3n) is 3.68. The average molecular weight is 287 g/mol. The number of rotatable bonds is 6. The van der Waals surface area contributed by atoms with Crippen LogP contribution in [-0.2, 0) is 22.7 Å². The Morgan fingerprint density at radius 2 is 2.14 bits per heavy atom. The maximum absolute atomic E-state index is 12.1. The fourth-order valence-corrected chi connectivity index (χ4v) is 2.46. The van der Waals surface area contributed by atoms with E-state index in [0.717, 1.165) is 30.4 Å². The third kappa shape index (κ3) is 5.35. The summed E-state index contributed by atoms with van der Waals surface area (Å²) in [5, 5.41) is 3.05. The van der Waals surface area contributed by atoms with Crippen molar-refractivity contribution < 1.29 is 9.53 Å². The van der Waals surface area contributed by atoms with Gasteiger partial charge in [0, 0.05) is 12.5 Å². The molecule has 1 aliphatic carbocycles. The topological polar surface area (TPSA) is 38.3 Å². The molecule has 21 heavy (non-hydrogen) atoms. The second-order valence-electron chi connectivity index (χ2n) is 5.88. The molecular formula is C18H25NO2. The largest absolute Gasteiger partial charge is 0.374 e. The van der Waals surface area contributed by atoms with Crippen LogP contribution in [0.3, 0.4) is 0 Å². The zero-order chi connectivity index (χ0) is 15.1. The van der Waals surface area contributed by atoms with Gasteiger partial charge < -0.3 is 10.1 Å². The molecule has 0 saturated heterocycles. The van der Waals surface area contributed by atoms with Crippen molar-refractivity contribution in [3.05, 3.63) is 47.5 Å². The Hall–Kier alpha value is -1.61. The highest BCUT2D eigenvalue weighted by atomic mass is 16.5. The van der Waals surface area contributed by atoms with Crippen LogP contribution in [0.15, 0.2) is 36.4 Å². The normalized spacial score (nSPS) is 18.0. The van der Waals surface area contributed by atoms with Crippen LogP contribution in [0, 0.1) is 5.92 Å². The van der Waals surface area contributed by atoms with Crippen LogP contribution in [0.1, 0.15) is 44.2 Å². The van der Waals surface area contributed by atoms with E-state index in [1.165, 1.54) is 0 Å². The van der Waals surface area contributed by atoms with Crippen molar-refractivity contribution in [2.75, 3.05) is 0 Å². The molecule has 1 amide bonds. The molecule has 0 bridgehead atoms. The Balaban J connectivity index is 1.83. The monoisotopic (exact) mass is 287 g/mol. The first-order chi connectivity index (χ1) is 10.1. The van der Waals surface area contributed by atoms with E-state index >= 15 is 0 Å². The van der Waals surface area contributed by atoms with E-state index in [0.29, 0.717) is 13.2 Å². The van der Waals surface area contributed by atoms with Gasteiger partial charge in [-0.1, -0.05) is 36.4 Å². The lowest BCUT2D eigenvalue weighted by molar-refractivity contribution is -0.125. The number of amides is 1. The first-order valence-corrected chi connectivity index (χ1v) is 7.77. The number of allylic oxidation sites excluding steroid dienone is 2. The smallest absolute Gasteiger partial charge is 0.223 e. The van der Waals surface area contributed by atoms with Gasteiger partial charge in [-0.05, 0) is 44.2 Å². The second-order valence-corrected chi connectivity index (χ2v) is 5.88. The fraction of sp³-hybridized carbons (Fsp3) is 0.500. The van der Waals surface area contributed by atoms with Gasteiger partial charge in [0.1, 0.15) is 0 Å². The van der Waals surface area contributed by atoms with E-state index in [9.17, 15) is 4.79 Å². The summed E-state index contributed by atoms with van der Waals surface area (Å²) in [4.78, 5) is 12.1. The first-order valence-electron chi connectivity index (χ1n) is 7.77. The lowest BCUT2D eigenvalue weighted by atomic mass is 9.93. The standard InChI is InChI=1S/C18H25NO2/c1-14(2)21-13-16-8-6-7-15(11-16)12-19-18(20)17-9-4-3-5-10-17/h3-4,6-8,11,14,17H,5,9-10,12-13H2,1-2H3,(H,19,20). The molecule has 0 saturated carbocycles. The van der Waals surface area contributed by atoms with E-state index in [2.05, 4.69) is 29.6 Å². The minimum Gasteiger partial charge on any atom is -0.374 e. The molecule has 1 atom stereocenters. The molecule has 0 aromatic heterocycles. The Bertz CT molecular complexity index is 494. The van der Waals surface area contributed by atoms with Crippen LogP contribution in [0.5, 0.6) is 0 Å². The summed E-state index contributed by atoms with van der Waals surface area (Å²) < 4.78 is 5.61. The number of hydrogen-bond acceptors (Lipinski definition) is 2. The highest BCUT2D eigenvalue weighted by Crippen LogP contribution is 2.18. The van der Waals surface area contributed by atoms with E-state index in [1.807, 2.05) is 26.0 Å². The predicted molar refractivity (Wildman–Crippen MR) is 84.7 cm³/mol. The zero-order valence-corrected chi connectivity index (χ0v) is 13.0. The summed E-state index contributed by atoms with van der Waals surface area (Å²) in [6.45, 7) is 5.27. The number of hydrogen-bond donors (Lipinski definition) is 1. The molecule has 0 spiro atoms. The summed E-state index contributed by atoms with van der Waals surface area (Å²) in [6.07, 6.45) is 7.34. The van der Waals surface area contributed by atoms with Crippen molar-refractivity contribution in [3.8, 4) is 0 Å². The third-order valence-corrected chi connectivity index (χ3v) is 3.68. The van der Waals surface area contributed by atoms with Crippen molar-refractivity contribution in [2.24, 2.45) is 5.92 Å². The minimum atomic E-state index is 0.141. The maximum Gasteiger partial charge on any atom is 0.223 e. The van der Waals surface area contributed by atoms with Crippen molar-refractivity contribution in [1.29, 1.82) is 0 Å². The molecule has 3 nitrogen and oxygen atoms in total. The summed E-state index contributed by atoms with van der Waals surface area (Å²) in [6, 6.07) is 8.22. The molecule has 1 unspecified atom stereocenters. The zero-order valence-electron chi connectivity index (χ0n) is 13.0. The SMILES string of the molecule is CC(C)OCc1cccc(CNC(=O)C2CC=CCC2)c1. The van der Waals surface area contributed by atoms with Gasteiger partial charge in [-0.3, -0.25) is 4.79 Å². The lowest BCUT2D eigenvalue weighted by Gasteiger charge is -2.17. The van der Waals surface area contributed by atoms with Gasteiger partial charge in [0.2, 0.25) is 5.91 Å². The van der Waals surface area contributed by atoms with Crippen LogP contribution in [0.4, 0.5) is 0 Å². The summed E-state index contributed by atoms with van der Waals surface area (Å²) >= 11 is 0. The Morgan fingerprint density at radius 1 is 1.33 bits per heavy atom. The van der Waals surface area contributed by atoms with Crippen molar-refractivity contribution in [3.63, 3.8) is 0 Å². The molecule has 114 valence electrons. The maximum atomic E-state index is 12.1. The number of carbonyl (C=O) groups is 1. The number of benzene rings is 1. The number of ether oxygens (including phenoxy) is 1. The molecule has 3 heteroatoms. The van der Waals surface area contributed by atoms with Gasteiger partial charge in [-0.2, -0.15) is 0 Å². The van der Waals surface area contributed by atoms with Crippen LogP contribution < -0.4 is 5.32 Å². The second kappa shape index (κ2) is 7.99. The van der Waals surface area contributed by atoms with Gasteiger partial charge in [-0.15, -0.1) is 0 Å². The van der Waals surface area contributed by atoms with Gasteiger partial charge in [0.25, 0.3) is 0 Å². The molecule has 1 aliphatic rings. The highest BCUT2D eigenvalue weighted by molar-refractivity contribution is 5.78. The summed E-state index contributed by atoms with van der Waals surface area (Å²) in [5.74, 6) is 0.311. The predicted octanol–water partition coefficient (Wildman–Crippen LogP) is 3.58. The molecular weight excluding hydrogens is 262 g/mol. The molecule has 1 aromatic rings. The lowest BCUT2D eigenvalue weighted by Crippen LogP contribution is -2.30. The van der Waals surface area contributed by atoms with Crippen molar-refractivity contribution in [2.45, 2.75) is 52.4 Å². The summed E-state index contributed by atoms with van der Waals surface area (Å²) in [7, 11) is 0. The van der Waals surface area contributed by atoms with Crippen LogP contribution in [-0.4, -0.2) is 12.0 Å². The Morgan fingerprint density at radius 3 is 2.86 bits per heavy atom. The van der Waals surface area contributed by atoms with Crippen LogP contribution in [0.2, 0.25) is 0 Å². The van der Waals surface area contributed by atoms with E-state index in [1.54, 1.807) is 0 Å². The molecule has 0 aliphatic heterocycles. The highest BCUT2D eigenvalue weighted by Gasteiger charge is 2.17. The quantitative estimate of drug-likeness (QED) is 0.812. The molecule has 0 fully saturated rings. The molecule has 1 N–H and O–H groups in total. The van der Waals surface area contributed by atoms with Gasteiger partial charge in [0.05, 0.1) is 12.7 Å². The van der Waals surface area contributed by atoms with E-state index in [4.69, 9.17) is 4.74 Å². The fourth-order valence-electron chi connectivity index (χ4n) is 2.46. The van der Waals surface area contributed by atoms with Gasteiger partial charge in [-0.25, -0.2) is 0 Å². The Labute approximate surface area is 127 Å². The minimum absolute atomic E-state index is 0.141. The number of carbonyl (C=O) groups excluding carboxylic acids is 1. The van der Waals surface area contributed by atoms with Crippen LogP contribution >= 0.6 is 0 Å². The van der Waals surface area contributed by atoms with E-state index in [-0.39, 0.29) is 17.9 Å².